The second kappa shape index (κ2) is 7.91. The zero-order chi connectivity index (χ0) is 11.1. The van der Waals surface area contributed by atoms with Crippen LogP contribution in [0.25, 0.3) is 0 Å². The molecule has 0 N–H and O–H groups in total. The highest BCUT2D eigenvalue weighted by atomic mass is 33.1. The minimum Gasteiger partial charge on any atom is -0.299 e. The lowest BCUT2D eigenvalue weighted by Crippen LogP contribution is -2.12. The topological polar surface area (TPSA) is 17.1 Å². The number of carbonyl (C=O) groups excluding carboxylic acids is 1. The molecule has 0 radical (unpaired) electrons. The Morgan fingerprint density at radius 3 is 2.93 bits per heavy atom. The summed E-state index contributed by atoms with van der Waals surface area (Å²) in [7, 11) is 4.03. The first-order chi connectivity index (χ1) is 7.24. The Morgan fingerprint density at radius 1 is 1.53 bits per heavy atom. The molecule has 1 unspecified atom stereocenters. The van der Waals surface area contributed by atoms with Gasteiger partial charge >= 0.3 is 0 Å². The lowest BCUT2D eigenvalue weighted by Gasteiger charge is -2.08. The van der Waals surface area contributed by atoms with Crippen molar-refractivity contribution in [3.05, 3.63) is 0 Å². The maximum Gasteiger partial charge on any atom is 0.136 e. The highest BCUT2D eigenvalue weighted by Gasteiger charge is 2.16. The molecule has 1 heterocycles. The lowest BCUT2D eigenvalue weighted by molar-refractivity contribution is -0.121. The van der Waals surface area contributed by atoms with Gasteiger partial charge < -0.3 is 0 Å². The molecule has 1 nitrogen and oxygen atoms in total. The fourth-order valence-electron chi connectivity index (χ4n) is 1.58. The third kappa shape index (κ3) is 5.55. The summed E-state index contributed by atoms with van der Waals surface area (Å²) in [6.07, 6.45) is 5.69. The zero-order valence-corrected chi connectivity index (χ0v) is 11.8. The second-order valence-electron chi connectivity index (χ2n) is 4.12. The van der Waals surface area contributed by atoms with E-state index in [1.807, 2.05) is 28.5 Å². The highest BCUT2D eigenvalue weighted by molar-refractivity contribution is 8.77. The molecule has 2 atom stereocenters. The normalized spacial score (nSPS) is 22.9. The van der Waals surface area contributed by atoms with Gasteiger partial charge in [0.2, 0.25) is 0 Å². The smallest absolute Gasteiger partial charge is 0.136 e. The first-order valence-electron chi connectivity index (χ1n) is 5.66. The number of rotatable bonds is 7. The lowest BCUT2D eigenvalue weighted by atomic mass is 10.0. The van der Waals surface area contributed by atoms with Crippen LogP contribution < -0.4 is 0 Å². The van der Waals surface area contributed by atoms with Gasteiger partial charge in [-0.15, -0.1) is 0 Å². The van der Waals surface area contributed by atoms with Crippen LogP contribution in [0.5, 0.6) is 0 Å². The quantitative estimate of drug-likeness (QED) is 0.428. The fraction of sp³-hybridized carbons (Fsp3) is 0.909. The van der Waals surface area contributed by atoms with Crippen LogP contribution >= 0.6 is 34.2 Å². The summed E-state index contributed by atoms with van der Waals surface area (Å²) in [5.41, 5.74) is 0. The predicted molar refractivity (Wildman–Crippen MR) is 74.9 cm³/mol. The van der Waals surface area contributed by atoms with Gasteiger partial charge in [-0.2, -0.15) is 12.6 Å². The van der Waals surface area contributed by atoms with Gasteiger partial charge in [0.05, 0.1) is 0 Å². The number of hydrogen-bond donors (Lipinski definition) is 1. The number of carbonyl (C=O) groups is 1. The van der Waals surface area contributed by atoms with Crippen LogP contribution in [0.4, 0.5) is 0 Å². The molecular weight excluding hydrogens is 244 g/mol. The Labute approximate surface area is 106 Å². The number of Topliss-reactive ketones (excluding diaryl/α,β-unsaturated/α-hetero) is 1. The summed E-state index contributed by atoms with van der Waals surface area (Å²) >= 11 is 4.14. The van der Waals surface area contributed by atoms with E-state index >= 15 is 0 Å². The van der Waals surface area contributed by atoms with Crippen molar-refractivity contribution in [3.8, 4) is 0 Å². The molecule has 88 valence electrons. The van der Waals surface area contributed by atoms with Gasteiger partial charge in [-0.05, 0) is 25.0 Å². The summed E-state index contributed by atoms with van der Waals surface area (Å²) in [5, 5.41) is 0.854. The van der Waals surface area contributed by atoms with Gasteiger partial charge in [0.25, 0.3) is 0 Å². The standard InChI is InChI=1S/C11H20OS3/c1-9(8-13)11(12)5-3-2-4-10-6-7-14-15-10/h9-10,13H,2-8H2,1H3/t9?,10-/m1/s1. The Bertz CT molecular complexity index is 190. The molecule has 0 amide bonds. The molecule has 15 heavy (non-hydrogen) atoms. The molecule has 0 saturated carbocycles. The third-order valence-electron chi connectivity index (χ3n) is 2.75. The average Bonchev–Trinajstić information content (AvgIpc) is 2.75. The maximum atomic E-state index is 11.5. The van der Waals surface area contributed by atoms with Crippen LogP contribution in [0.1, 0.15) is 39.0 Å². The van der Waals surface area contributed by atoms with Crippen LogP contribution in [0.2, 0.25) is 0 Å². The van der Waals surface area contributed by atoms with Crippen LogP contribution in [-0.4, -0.2) is 22.5 Å². The first-order valence-corrected chi connectivity index (χ1v) is 8.67. The van der Waals surface area contributed by atoms with Crippen LogP contribution in [0, 0.1) is 5.92 Å². The third-order valence-corrected chi connectivity index (χ3v) is 6.30. The van der Waals surface area contributed by atoms with Gasteiger partial charge in [0.15, 0.2) is 0 Å². The molecule has 1 saturated heterocycles. The molecule has 0 aromatic rings. The largest absolute Gasteiger partial charge is 0.299 e. The molecule has 1 aliphatic rings. The van der Waals surface area contributed by atoms with Gasteiger partial charge in [0, 0.05) is 23.3 Å². The van der Waals surface area contributed by atoms with Crippen LogP contribution in [0.3, 0.4) is 0 Å². The zero-order valence-electron chi connectivity index (χ0n) is 9.28. The maximum absolute atomic E-state index is 11.5. The van der Waals surface area contributed by atoms with E-state index in [-0.39, 0.29) is 5.92 Å². The number of hydrogen-bond acceptors (Lipinski definition) is 4. The molecule has 0 bridgehead atoms. The molecule has 1 rings (SSSR count). The SMILES string of the molecule is CC(CS)C(=O)CCCC[C@@H]1CCSS1. The average molecular weight is 264 g/mol. The van der Waals surface area contributed by atoms with Crippen LogP contribution in [-0.2, 0) is 4.79 Å². The van der Waals surface area contributed by atoms with Gasteiger partial charge in [0.1, 0.15) is 5.78 Å². The Kier molecular flexibility index (Phi) is 7.27. The summed E-state index contributed by atoms with van der Waals surface area (Å²) in [4.78, 5) is 11.5. The summed E-state index contributed by atoms with van der Waals surface area (Å²) < 4.78 is 0. The van der Waals surface area contributed by atoms with Gasteiger partial charge in [-0.25, -0.2) is 0 Å². The molecule has 0 aliphatic carbocycles. The van der Waals surface area contributed by atoms with Crippen molar-refractivity contribution < 1.29 is 4.79 Å². The minimum atomic E-state index is 0.143. The Balaban J connectivity index is 1.98. The van der Waals surface area contributed by atoms with E-state index in [4.69, 9.17) is 0 Å². The number of thiol groups is 1. The summed E-state index contributed by atoms with van der Waals surface area (Å²) in [6, 6.07) is 0. The van der Waals surface area contributed by atoms with E-state index in [0.717, 1.165) is 18.1 Å². The Morgan fingerprint density at radius 2 is 2.33 bits per heavy atom. The van der Waals surface area contributed by atoms with Gasteiger partial charge in [-0.3, -0.25) is 4.79 Å². The van der Waals surface area contributed by atoms with E-state index in [1.165, 1.54) is 25.0 Å². The summed E-state index contributed by atoms with van der Waals surface area (Å²) in [6.45, 7) is 1.97. The van der Waals surface area contributed by atoms with Crippen molar-refractivity contribution in [3.63, 3.8) is 0 Å². The minimum absolute atomic E-state index is 0.143. The number of unbranched alkanes of at least 4 members (excludes halogenated alkanes) is 1. The fourth-order valence-corrected chi connectivity index (χ4v) is 4.82. The van der Waals surface area contributed by atoms with Crippen molar-refractivity contribution >= 4 is 40.0 Å². The highest BCUT2D eigenvalue weighted by Crippen LogP contribution is 2.39. The molecule has 1 aliphatic heterocycles. The van der Waals surface area contributed by atoms with Crippen LogP contribution in [0.15, 0.2) is 0 Å². The molecular formula is C11H20OS3. The van der Waals surface area contributed by atoms with Crippen molar-refractivity contribution in [2.75, 3.05) is 11.5 Å². The van der Waals surface area contributed by atoms with Crippen molar-refractivity contribution in [1.29, 1.82) is 0 Å². The summed E-state index contributed by atoms with van der Waals surface area (Å²) in [5.74, 6) is 2.53. The van der Waals surface area contributed by atoms with E-state index in [2.05, 4.69) is 12.6 Å². The first kappa shape index (κ1) is 13.8. The van der Waals surface area contributed by atoms with E-state index in [9.17, 15) is 4.79 Å². The van der Waals surface area contributed by atoms with Crippen molar-refractivity contribution in [2.45, 2.75) is 44.3 Å². The van der Waals surface area contributed by atoms with Crippen molar-refractivity contribution in [1.82, 2.24) is 0 Å². The molecule has 0 spiro atoms. The van der Waals surface area contributed by atoms with E-state index in [0.29, 0.717) is 11.5 Å². The second-order valence-corrected chi connectivity index (χ2v) is 7.28. The van der Waals surface area contributed by atoms with E-state index < -0.39 is 0 Å². The van der Waals surface area contributed by atoms with E-state index in [1.54, 1.807) is 0 Å². The Hall–Kier alpha value is 0.720. The molecule has 4 heteroatoms. The molecule has 0 aromatic heterocycles. The van der Waals surface area contributed by atoms with Crippen molar-refractivity contribution in [2.24, 2.45) is 5.92 Å². The predicted octanol–water partition coefficient (Wildman–Crippen LogP) is 3.84. The molecule has 1 fully saturated rings. The van der Waals surface area contributed by atoms with Gasteiger partial charge in [-0.1, -0.05) is 34.9 Å². The molecule has 0 aromatic carbocycles. The monoisotopic (exact) mass is 264 g/mol. The number of ketones is 1.